The first-order chi connectivity index (χ1) is 13.4. The number of hydrogen-bond donors (Lipinski definition) is 3. The van der Waals surface area contributed by atoms with E-state index in [9.17, 15) is 8.42 Å². The number of aromatic nitrogens is 2. The topological polar surface area (TPSA) is 100 Å². The average Bonchev–Trinajstić information content (AvgIpc) is 3.00. The second-order valence-electron chi connectivity index (χ2n) is 6.48. The van der Waals surface area contributed by atoms with Crippen LogP contribution in [0.1, 0.15) is 30.3 Å². The standard InChI is InChI=1S/C19H30N6O2S/c1-5-21-19(22-10-7-11-25-16(3)12-15(2)24-25)23-14-17-8-6-9-18(13-17)28(26,27)20-4/h6,8-9,12-13,20H,5,7,10-11,14H2,1-4H3,(H2,21,22,23). The maximum Gasteiger partial charge on any atom is 0.240 e. The third-order valence-corrected chi connectivity index (χ3v) is 5.60. The van der Waals surface area contributed by atoms with E-state index >= 15 is 0 Å². The summed E-state index contributed by atoms with van der Waals surface area (Å²) in [6, 6.07) is 8.87. The number of nitrogens with one attached hydrogen (secondary N) is 3. The minimum Gasteiger partial charge on any atom is -0.357 e. The van der Waals surface area contributed by atoms with Crippen LogP contribution in [-0.4, -0.2) is 44.3 Å². The Balaban J connectivity index is 1.93. The first kappa shape index (κ1) is 21.9. The van der Waals surface area contributed by atoms with E-state index in [0.29, 0.717) is 12.5 Å². The second kappa shape index (κ2) is 10.2. The molecule has 1 aromatic carbocycles. The van der Waals surface area contributed by atoms with Crippen LogP contribution in [0.5, 0.6) is 0 Å². The van der Waals surface area contributed by atoms with Crippen molar-refractivity contribution in [2.24, 2.45) is 4.99 Å². The minimum atomic E-state index is -3.45. The summed E-state index contributed by atoms with van der Waals surface area (Å²) in [6.45, 7) is 8.80. The summed E-state index contributed by atoms with van der Waals surface area (Å²) in [5.74, 6) is 0.706. The van der Waals surface area contributed by atoms with Gasteiger partial charge in [-0.15, -0.1) is 0 Å². The molecule has 0 aliphatic rings. The number of nitrogens with zero attached hydrogens (tertiary/aromatic N) is 3. The Bertz CT molecular complexity index is 905. The van der Waals surface area contributed by atoms with Crippen LogP contribution in [-0.2, 0) is 23.1 Å². The van der Waals surface area contributed by atoms with E-state index in [2.05, 4.69) is 38.4 Å². The Morgan fingerprint density at radius 2 is 2.00 bits per heavy atom. The van der Waals surface area contributed by atoms with Crippen LogP contribution in [0.2, 0.25) is 0 Å². The molecule has 2 aromatic rings. The molecule has 8 nitrogen and oxygen atoms in total. The van der Waals surface area contributed by atoms with Crippen molar-refractivity contribution in [3.63, 3.8) is 0 Å². The number of sulfonamides is 1. The molecule has 0 atom stereocenters. The van der Waals surface area contributed by atoms with E-state index < -0.39 is 10.0 Å². The zero-order valence-electron chi connectivity index (χ0n) is 17.0. The minimum absolute atomic E-state index is 0.241. The van der Waals surface area contributed by atoms with Gasteiger partial charge in [-0.3, -0.25) is 4.68 Å². The third kappa shape index (κ3) is 6.35. The molecule has 0 aliphatic carbocycles. The molecule has 1 aromatic heterocycles. The molecular weight excluding hydrogens is 376 g/mol. The molecule has 0 fully saturated rings. The quantitative estimate of drug-likeness (QED) is 0.333. The lowest BCUT2D eigenvalue weighted by Crippen LogP contribution is -2.38. The number of hydrogen-bond acceptors (Lipinski definition) is 4. The Hall–Kier alpha value is -2.39. The molecule has 0 amide bonds. The predicted molar refractivity (Wildman–Crippen MR) is 112 cm³/mol. The lowest BCUT2D eigenvalue weighted by Gasteiger charge is -2.12. The number of guanidine groups is 1. The second-order valence-corrected chi connectivity index (χ2v) is 8.37. The fourth-order valence-corrected chi connectivity index (χ4v) is 3.58. The van der Waals surface area contributed by atoms with Crippen molar-refractivity contribution in [1.29, 1.82) is 0 Å². The normalized spacial score (nSPS) is 12.2. The Labute approximate surface area is 167 Å². The summed E-state index contributed by atoms with van der Waals surface area (Å²) in [5, 5.41) is 11.0. The molecule has 2 rings (SSSR count). The van der Waals surface area contributed by atoms with E-state index in [4.69, 9.17) is 0 Å². The monoisotopic (exact) mass is 406 g/mol. The zero-order valence-corrected chi connectivity index (χ0v) is 17.8. The molecule has 1 heterocycles. The number of rotatable bonds is 9. The highest BCUT2D eigenvalue weighted by molar-refractivity contribution is 7.89. The highest BCUT2D eigenvalue weighted by atomic mass is 32.2. The van der Waals surface area contributed by atoms with Crippen LogP contribution in [0.25, 0.3) is 0 Å². The first-order valence-corrected chi connectivity index (χ1v) is 10.9. The van der Waals surface area contributed by atoms with Crippen LogP contribution in [0.4, 0.5) is 0 Å². The van der Waals surface area contributed by atoms with Crippen LogP contribution >= 0.6 is 0 Å². The van der Waals surface area contributed by atoms with Gasteiger partial charge in [0.15, 0.2) is 5.96 Å². The van der Waals surface area contributed by atoms with E-state index in [1.807, 2.05) is 24.6 Å². The highest BCUT2D eigenvalue weighted by Crippen LogP contribution is 2.12. The van der Waals surface area contributed by atoms with Gasteiger partial charge in [-0.25, -0.2) is 18.1 Å². The van der Waals surface area contributed by atoms with Gasteiger partial charge in [0.2, 0.25) is 10.0 Å². The summed E-state index contributed by atoms with van der Waals surface area (Å²) in [5.41, 5.74) is 3.02. The molecule has 0 bridgehead atoms. The van der Waals surface area contributed by atoms with Gasteiger partial charge in [0.1, 0.15) is 0 Å². The van der Waals surface area contributed by atoms with Gasteiger partial charge in [-0.1, -0.05) is 12.1 Å². The maximum atomic E-state index is 11.9. The molecule has 9 heteroatoms. The molecule has 0 saturated carbocycles. The number of aryl methyl sites for hydroxylation is 3. The summed E-state index contributed by atoms with van der Waals surface area (Å²) >= 11 is 0. The van der Waals surface area contributed by atoms with Gasteiger partial charge in [-0.05, 0) is 58.0 Å². The van der Waals surface area contributed by atoms with Crippen molar-refractivity contribution in [3.8, 4) is 0 Å². The van der Waals surface area contributed by atoms with Crippen molar-refractivity contribution in [2.45, 2.75) is 45.2 Å². The van der Waals surface area contributed by atoms with Crippen molar-refractivity contribution in [2.75, 3.05) is 20.1 Å². The smallest absolute Gasteiger partial charge is 0.240 e. The fraction of sp³-hybridized carbons (Fsp3) is 0.474. The molecule has 0 aliphatic heterocycles. The van der Waals surface area contributed by atoms with E-state index in [-0.39, 0.29) is 4.90 Å². The first-order valence-electron chi connectivity index (χ1n) is 9.41. The van der Waals surface area contributed by atoms with Crippen molar-refractivity contribution < 1.29 is 8.42 Å². The number of benzene rings is 1. The van der Waals surface area contributed by atoms with E-state index in [1.54, 1.807) is 18.2 Å². The van der Waals surface area contributed by atoms with Gasteiger partial charge in [0.05, 0.1) is 17.1 Å². The van der Waals surface area contributed by atoms with E-state index in [0.717, 1.165) is 43.0 Å². The van der Waals surface area contributed by atoms with Crippen molar-refractivity contribution in [3.05, 3.63) is 47.3 Å². The van der Waals surface area contributed by atoms with Crippen LogP contribution in [0.3, 0.4) is 0 Å². The molecule has 0 unspecified atom stereocenters. The van der Waals surface area contributed by atoms with Crippen LogP contribution in [0.15, 0.2) is 40.2 Å². The summed E-state index contributed by atoms with van der Waals surface area (Å²) in [6.07, 6.45) is 0.919. The molecule has 0 saturated heterocycles. The van der Waals surface area contributed by atoms with Gasteiger partial charge >= 0.3 is 0 Å². The Kier molecular flexibility index (Phi) is 8.01. The molecule has 0 spiro atoms. The number of aliphatic imine (C=N–C) groups is 1. The molecule has 154 valence electrons. The lowest BCUT2D eigenvalue weighted by atomic mass is 10.2. The lowest BCUT2D eigenvalue weighted by molar-refractivity contribution is 0.555. The molecular formula is C19H30N6O2S. The molecule has 28 heavy (non-hydrogen) atoms. The fourth-order valence-electron chi connectivity index (χ4n) is 2.78. The van der Waals surface area contributed by atoms with Crippen LogP contribution < -0.4 is 15.4 Å². The Morgan fingerprint density at radius 1 is 1.21 bits per heavy atom. The highest BCUT2D eigenvalue weighted by Gasteiger charge is 2.11. The van der Waals surface area contributed by atoms with Gasteiger partial charge in [0, 0.05) is 25.3 Å². The van der Waals surface area contributed by atoms with Crippen molar-refractivity contribution in [1.82, 2.24) is 25.1 Å². The predicted octanol–water partition coefficient (Wildman–Crippen LogP) is 1.55. The average molecular weight is 407 g/mol. The van der Waals surface area contributed by atoms with Crippen LogP contribution in [0, 0.1) is 13.8 Å². The van der Waals surface area contributed by atoms with Gasteiger partial charge in [-0.2, -0.15) is 5.10 Å². The molecule has 0 radical (unpaired) electrons. The van der Waals surface area contributed by atoms with Gasteiger partial charge in [0.25, 0.3) is 0 Å². The summed E-state index contributed by atoms with van der Waals surface area (Å²) in [4.78, 5) is 4.80. The van der Waals surface area contributed by atoms with Gasteiger partial charge < -0.3 is 10.6 Å². The summed E-state index contributed by atoms with van der Waals surface area (Å²) in [7, 11) is -2.05. The van der Waals surface area contributed by atoms with E-state index in [1.165, 1.54) is 7.05 Å². The maximum absolute atomic E-state index is 11.9. The SMILES string of the molecule is CCNC(=NCc1cccc(S(=O)(=O)NC)c1)NCCCn1nc(C)cc1C. The summed E-state index contributed by atoms with van der Waals surface area (Å²) < 4.78 is 28.2. The zero-order chi connectivity index (χ0) is 20.6. The Morgan fingerprint density at radius 3 is 2.64 bits per heavy atom. The largest absolute Gasteiger partial charge is 0.357 e. The molecule has 3 N–H and O–H groups in total. The van der Waals surface area contributed by atoms with Crippen molar-refractivity contribution >= 4 is 16.0 Å². The third-order valence-electron chi connectivity index (χ3n) is 4.18.